The van der Waals surface area contributed by atoms with Crippen LogP contribution < -0.4 is 9.47 Å². The molecule has 1 unspecified atom stereocenters. The highest BCUT2D eigenvalue weighted by Crippen LogP contribution is 2.32. The van der Waals surface area contributed by atoms with Crippen LogP contribution in [0.1, 0.15) is 36.0 Å². The number of hydrogen-bond acceptors (Lipinski definition) is 7. The smallest absolute Gasteiger partial charge is 0.248 e. The van der Waals surface area contributed by atoms with E-state index in [-0.39, 0.29) is 25.2 Å². The van der Waals surface area contributed by atoms with Crippen LogP contribution in [0.5, 0.6) is 11.5 Å². The van der Waals surface area contributed by atoms with Crippen molar-refractivity contribution in [3.8, 4) is 11.5 Å². The molecule has 0 bridgehead atoms. The second-order valence-corrected chi connectivity index (χ2v) is 12.2. The van der Waals surface area contributed by atoms with Gasteiger partial charge in [-0.15, -0.1) is 0 Å². The van der Waals surface area contributed by atoms with E-state index in [1.165, 1.54) is 5.56 Å². The Morgan fingerprint density at radius 1 is 0.897 bits per heavy atom. The van der Waals surface area contributed by atoms with Crippen molar-refractivity contribution < 1.29 is 27.4 Å². The zero-order chi connectivity index (χ0) is 28.0. The number of rotatable bonds is 10. The number of hydrogen-bond donors (Lipinski definition) is 0. The van der Waals surface area contributed by atoms with Crippen molar-refractivity contribution in [3.05, 3.63) is 53.1 Å². The maximum absolute atomic E-state index is 13.7. The summed E-state index contributed by atoms with van der Waals surface area (Å²) in [7, 11) is -0.482. The van der Waals surface area contributed by atoms with Crippen LogP contribution in [0.2, 0.25) is 0 Å². The molecule has 1 amide bonds. The molecule has 9 nitrogen and oxygen atoms in total. The minimum Gasteiger partial charge on any atom is -0.497 e. The predicted molar refractivity (Wildman–Crippen MR) is 150 cm³/mol. The van der Waals surface area contributed by atoms with E-state index < -0.39 is 10.0 Å². The third-order valence-electron chi connectivity index (χ3n) is 7.64. The summed E-state index contributed by atoms with van der Waals surface area (Å²) in [6.07, 6.45) is 2.46. The molecular formula is C29H41N3O6S. The van der Waals surface area contributed by atoms with Gasteiger partial charge in [0.2, 0.25) is 15.9 Å². The summed E-state index contributed by atoms with van der Waals surface area (Å²) < 4.78 is 45.4. The van der Waals surface area contributed by atoms with Gasteiger partial charge in [-0.25, -0.2) is 8.42 Å². The summed E-state index contributed by atoms with van der Waals surface area (Å²) in [5.41, 5.74) is 2.54. The molecule has 10 heteroatoms. The van der Waals surface area contributed by atoms with Crippen molar-refractivity contribution in [2.24, 2.45) is 0 Å². The Balaban J connectivity index is 1.28. The number of piperidine rings is 1. The van der Waals surface area contributed by atoms with Crippen LogP contribution in [-0.2, 0) is 26.1 Å². The fraction of sp³-hybridized carbons (Fsp3) is 0.552. The molecule has 2 aromatic rings. The summed E-state index contributed by atoms with van der Waals surface area (Å²) in [4.78, 5) is 17.4. The molecule has 1 atom stereocenters. The van der Waals surface area contributed by atoms with Crippen LogP contribution in [0.3, 0.4) is 0 Å². The molecule has 0 aromatic heterocycles. The number of aryl methyl sites for hydroxylation is 2. The molecule has 0 N–H and O–H groups in total. The highest BCUT2D eigenvalue weighted by Gasteiger charge is 2.36. The molecule has 2 fully saturated rings. The fourth-order valence-corrected chi connectivity index (χ4v) is 7.62. The topological polar surface area (TPSA) is 88.6 Å². The lowest BCUT2D eigenvalue weighted by Crippen LogP contribution is -2.50. The van der Waals surface area contributed by atoms with Gasteiger partial charge in [0.05, 0.1) is 25.7 Å². The number of benzene rings is 2. The quantitative estimate of drug-likeness (QED) is 0.442. The Morgan fingerprint density at radius 3 is 2.15 bits per heavy atom. The molecule has 0 aliphatic carbocycles. The van der Waals surface area contributed by atoms with Gasteiger partial charge < -0.3 is 19.1 Å². The largest absolute Gasteiger partial charge is 0.497 e. The van der Waals surface area contributed by atoms with Crippen LogP contribution in [0, 0.1) is 13.8 Å². The second-order valence-electron chi connectivity index (χ2n) is 10.4. The number of carbonyl (C=O) groups is 1. The van der Waals surface area contributed by atoms with Crippen molar-refractivity contribution in [2.75, 3.05) is 60.2 Å². The van der Waals surface area contributed by atoms with E-state index in [2.05, 4.69) is 17.0 Å². The molecule has 214 valence electrons. The van der Waals surface area contributed by atoms with Crippen LogP contribution >= 0.6 is 0 Å². The van der Waals surface area contributed by atoms with Crippen LogP contribution in [0.4, 0.5) is 0 Å². The van der Waals surface area contributed by atoms with Gasteiger partial charge in [0, 0.05) is 45.3 Å². The third kappa shape index (κ3) is 7.11. The third-order valence-corrected chi connectivity index (χ3v) is 9.89. The molecule has 2 aliphatic rings. The van der Waals surface area contributed by atoms with Crippen molar-refractivity contribution in [3.63, 3.8) is 0 Å². The van der Waals surface area contributed by atoms with Gasteiger partial charge in [-0.3, -0.25) is 9.69 Å². The zero-order valence-electron chi connectivity index (χ0n) is 23.5. The minimum absolute atomic E-state index is 0.0382. The highest BCUT2D eigenvalue weighted by atomic mass is 32.2. The molecule has 2 saturated heterocycles. The Labute approximate surface area is 232 Å². The first-order valence-electron chi connectivity index (χ1n) is 13.6. The predicted octanol–water partition coefficient (Wildman–Crippen LogP) is 3.22. The first kappa shape index (κ1) is 29.3. The number of ether oxygens (including phenoxy) is 3. The van der Waals surface area contributed by atoms with E-state index in [9.17, 15) is 13.2 Å². The maximum atomic E-state index is 13.7. The number of methoxy groups -OCH3 is 2. The van der Waals surface area contributed by atoms with Gasteiger partial charge >= 0.3 is 0 Å². The maximum Gasteiger partial charge on any atom is 0.248 e. The van der Waals surface area contributed by atoms with Gasteiger partial charge in [-0.1, -0.05) is 18.6 Å². The van der Waals surface area contributed by atoms with Crippen molar-refractivity contribution in [2.45, 2.75) is 50.6 Å². The average Bonchev–Trinajstić information content (AvgIpc) is 2.93. The minimum atomic E-state index is -3.71. The van der Waals surface area contributed by atoms with Crippen LogP contribution in [-0.4, -0.2) is 94.6 Å². The summed E-state index contributed by atoms with van der Waals surface area (Å²) in [5, 5.41) is 0. The molecule has 0 spiro atoms. The Morgan fingerprint density at radius 2 is 1.54 bits per heavy atom. The van der Waals surface area contributed by atoms with Gasteiger partial charge in [0.1, 0.15) is 18.1 Å². The van der Waals surface area contributed by atoms with Crippen LogP contribution in [0.25, 0.3) is 0 Å². The number of sulfonamides is 1. The van der Waals surface area contributed by atoms with Crippen LogP contribution in [0.15, 0.2) is 41.3 Å². The average molecular weight is 560 g/mol. The standard InChI is InChI=1S/C29H41N3O6S/c1-22-17-27(37-4)18-23(2)29(22)39(34,35)32-12-6-5-7-25(32)20-38-21-28(33)31-15-13-30(14-16-31)19-24-8-10-26(36-3)11-9-24/h8-11,17-18,25H,5-7,12-16,19-21H2,1-4H3. The van der Waals surface area contributed by atoms with Gasteiger partial charge in [-0.05, 0) is 67.6 Å². The molecule has 0 saturated carbocycles. The van der Waals surface area contributed by atoms with Gasteiger partial charge in [-0.2, -0.15) is 4.31 Å². The number of carbonyl (C=O) groups excluding carboxylic acids is 1. The number of amides is 1. The van der Waals surface area contributed by atoms with E-state index in [1.807, 2.05) is 17.0 Å². The summed E-state index contributed by atoms with van der Waals surface area (Å²) >= 11 is 0. The fourth-order valence-electron chi connectivity index (χ4n) is 5.53. The molecular weight excluding hydrogens is 518 g/mol. The Kier molecular flexibility index (Phi) is 9.87. The molecule has 2 heterocycles. The summed E-state index contributed by atoms with van der Waals surface area (Å²) in [5.74, 6) is 1.43. The molecule has 39 heavy (non-hydrogen) atoms. The van der Waals surface area contributed by atoms with Crippen molar-refractivity contribution in [1.29, 1.82) is 0 Å². The van der Waals surface area contributed by atoms with Gasteiger partial charge in [0.25, 0.3) is 0 Å². The highest BCUT2D eigenvalue weighted by molar-refractivity contribution is 7.89. The lowest BCUT2D eigenvalue weighted by molar-refractivity contribution is -0.138. The van der Waals surface area contributed by atoms with E-state index in [1.54, 1.807) is 44.5 Å². The lowest BCUT2D eigenvalue weighted by atomic mass is 10.1. The van der Waals surface area contributed by atoms with E-state index in [4.69, 9.17) is 14.2 Å². The van der Waals surface area contributed by atoms with E-state index in [0.717, 1.165) is 38.2 Å². The van der Waals surface area contributed by atoms with Crippen molar-refractivity contribution >= 4 is 15.9 Å². The first-order chi connectivity index (χ1) is 18.7. The number of piperazine rings is 1. The monoisotopic (exact) mass is 559 g/mol. The second kappa shape index (κ2) is 13.1. The molecule has 4 rings (SSSR count). The Bertz CT molecular complexity index is 1200. The molecule has 2 aliphatic heterocycles. The molecule has 0 radical (unpaired) electrons. The first-order valence-corrected chi connectivity index (χ1v) is 15.0. The SMILES string of the molecule is COc1ccc(CN2CCN(C(=O)COCC3CCCCN3S(=O)(=O)c3c(C)cc(OC)cc3C)CC2)cc1. The normalized spacial score (nSPS) is 19.2. The summed E-state index contributed by atoms with van der Waals surface area (Å²) in [6.45, 7) is 7.95. The van der Waals surface area contributed by atoms with Crippen molar-refractivity contribution in [1.82, 2.24) is 14.1 Å². The van der Waals surface area contributed by atoms with E-state index >= 15 is 0 Å². The Hall–Kier alpha value is -2.66. The molecule has 2 aromatic carbocycles. The zero-order valence-corrected chi connectivity index (χ0v) is 24.3. The van der Waals surface area contributed by atoms with E-state index in [0.29, 0.717) is 47.8 Å². The van der Waals surface area contributed by atoms with Gasteiger partial charge in [0.15, 0.2) is 0 Å². The number of nitrogens with zero attached hydrogens (tertiary/aromatic N) is 3. The summed E-state index contributed by atoms with van der Waals surface area (Å²) in [6, 6.07) is 11.3. The lowest BCUT2D eigenvalue weighted by Gasteiger charge is -2.36.